The number of thiophene rings is 1. The molecule has 7 nitrogen and oxygen atoms in total. The fourth-order valence-electron chi connectivity index (χ4n) is 3.95. The number of carboxylic acids is 1. The van der Waals surface area contributed by atoms with Gasteiger partial charge in [-0.05, 0) is 30.7 Å². The van der Waals surface area contributed by atoms with Crippen molar-refractivity contribution < 1.29 is 37.4 Å². The predicted molar refractivity (Wildman–Crippen MR) is 97.0 cm³/mol. The van der Waals surface area contributed by atoms with Crippen LogP contribution in [0.4, 0.5) is 13.2 Å². The van der Waals surface area contributed by atoms with Crippen LogP contribution in [0, 0.1) is 5.41 Å². The molecule has 0 saturated carbocycles. The van der Waals surface area contributed by atoms with Crippen LogP contribution < -0.4 is 0 Å². The third kappa shape index (κ3) is 5.08. The lowest BCUT2D eigenvalue weighted by Gasteiger charge is -2.43. The van der Waals surface area contributed by atoms with Gasteiger partial charge in [-0.2, -0.15) is 13.2 Å². The minimum absolute atomic E-state index is 0.0591. The highest BCUT2D eigenvalue weighted by Gasteiger charge is 2.55. The summed E-state index contributed by atoms with van der Waals surface area (Å²) in [5.74, 6) is -2.61. The number of rotatable bonds is 3. The topological polar surface area (TPSA) is 79.3 Å². The molecule has 0 unspecified atom stereocenters. The maximum atomic E-state index is 13.0. The summed E-state index contributed by atoms with van der Waals surface area (Å²) in [4.78, 5) is 31.2. The van der Waals surface area contributed by atoms with Gasteiger partial charge in [0, 0.05) is 31.1 Å². The van der Waals surface area contributed by atoms with E-state index in [9.17, 15) is 18.0 Å². The lowest BCUT2D eigenvalue weighted by Crippen LogP contribution is -2.57. The quantitative estimate of drug-likeness (QED) is 0.785. The number of carbonyl (C=O) groups excluding carboxylic acids is 1. The average Bonchev–Trinajstić information content (AvgIpc) is 3.42. The fourth-order valence-corrected chi connectivity index (χ4v) is 4.69. The second-order valence-electron chi connectivity index (χ2n) is 7.24. The van der Waals surface area contributed by atoms with E-state index in [4.69, 9.17) is 19.5 Å². The van der Waals surface area contributed by atoms with Crippen LogP contribution in [0.5, 0.6) is 0 Å². The lowest BCUT2D eigenvalue weighted by atomic mass is 9.75. The van der Waals surface area contributed by atoms with E-state index in [1.807, 2.05) is 0 Å². The van der Waals surface area contributed by atoms with E-state index >= 15 is 0 Å². The number of aliphatic carboxylic acids is 1. The van der Waals surface area contributed by atoms with Crippen molar-refractivity contribution in [2.45, 2.75) is 38.1 Å². The third-order valence-electron chi connectivity index (χ3n) is 5.30. The van der Waals surface area contributed by atoms with Crippen molar-refractivity contribution in [3.05, 3.63) is 22.4 Å². The minimum atomic E-state index is -5.08. The number of nitrogens with zero attached hydrogens (tertiary/aromatic N) is 2. The second kappa shape index (κ2) is 8.99. The predicted octanol–water partition coefficient (Wildman–Crippen LogP) is 2.53. The number of alkyl halides is 3. The third-order valence-corrected chi connectivity index (χ3v) is 6.17. The monoisotopic (exact) mass is 436 g/mol. The van der Waals surface area contributed by atoms with Gasteiger partial charge in [-0.15, -0.1) is 11.3 Å². The SMILES string of the molecule is O=C(N1CCCO1)[C@@]12CCO[C@@H]1CCN(Cc1cccs1)C2.O=C(O)C(F)(F)F. The zero-order valence-corrected chi connectivity index (χ0v) is 16.5. The summed E-state index contributed by atoms with van der Waals surface area (Å²) < 4.78 is 37.6. The molecule has 4 rings (SSSR count). The van der Waals surface area contributed by atoms with Crippen LogP contribution in [-0.2, 0) is 25.7 Å². The summed E-state index contributed by atoms with van der Waals surface area (Å²) in [5.41, 5.74) is -0.403. The van der Waals surface area contributed by atoms with Crippen LogP contribution in [-0.4, -0.2) is 72.1 Å². The summed E-state index contributed by atoms with van der Waals surface area (Å²) in [5, 5.41) is 10.8. The molecule has 0 radical (unpaired) electrons. The smallest absolute Gasteiger partial charge is 0.475 e. The van der Waals surface area contributed by atoms with Gasteiger partial charge in [0.05, 0.1) is 24.7 Å². The summed E-state index contributed by atoms with van der Waals surface area (Å²) in [6, 6.07) is 4.25. The molecule has 29 heavy (non-hydrogen) atoms. The maximum absolute atomic E-state index is 13.0. The number of fused-ring (bicyclic) bond motifs is 1. The zero-order chi connectivity index (χ0) is 21.1. The van der Waals surface area contributed by atoms with Gasteiger partial charge < -0.3 is 9.84 Å². The van der Waals surface area contributed by atoms with Crippen molar-refractivity contribution >= 4 is 23.2 Å². The van der Waals surface area contributed by atoms with Crippen molar-refractivity contribution in [2.75, 3.05) is 32.8 Å². The van der Waals surface area contributed by atoms with Crippen LogP contribution >= 0.6 is 11.3 Å². The number of hydroxylamine groups is 2. The lowest BCUT2D eigenvalue weighted by molar-refractivity contribution is -0.192. The maximum Gasteiger partial charge on any atom is 0.490 e. The second-order valence-corrected chi connectivity index (χ2v) is 8.27. The first-order chi connectivity index (χ1) is 13.7. The van der Waals surface area contributed by atoms with Gasteiger partial charge >= 0.3 is 12.1 Å². The minimum Gasteiger partial charge on any atom is -0.475 e. The number of ether oxygens (including phenoxy) is 1. The summed E-state index contributed by atoms with van der Waals surface area (Å²) in [7, 11) is 0. The van der Waals surface area contributed by atoms with Gasteiger partial charge in [0.25, 0.3) is 5.91 Å². The van der Waals surface area contributed by atoms with Crippen molar-refractivity contribution in [2.24, 2.45) is 5.41 Å². The molecule has 1 N–H and O–H groups in total. The number of halogens is 3. The van der Waals surface area contributed by atoms with E-state index < -0.39 is 17.6 Å². The van der Waals surface area contributed by atoms with E-state index in [0.717, 1.165) is 45.4 Å². The highest BCUT2D eigenvalue weighted by atomic mass is 32.1. The Morgan fingerprint density at radius 1 is 1.31 bits per heavy atom. The largest absolute Gasteiger partial charge is 0.490 e. The highest BCUT2D eigenvalue weighted by Crippen LogP contribution is 2.43. The number of amides is 1. The molecule has 11 heteroatoms. The number of hydrogen-bond acceptors (Lipinski definition) is 6. The Morgan fingerprint density at radius 2 is 2.07 bits per heavy atom. The Labute approximate surface area is 169 Å². The Bertz CT molecular complexity index is 709. The molecular weight excluding hydrogens is 413 g/mol. The van der Waals surface area contributed by atoms with Crippen molar-refractivity contribution in [1.29, 1.82) is 0 Å². The Balaban J connectivity index is 0.000000298. The van der Waals surface area contributed by atoms with Gasteiger partial charge in [0.2, 0.25) is 0 Å². The van der Waals surface area contributed by atoms with Gasteiger partial charge in [-0.1, -0.05) is 6.07 Å². The van der Waals surface area contributed by atoms with E-state index in [1.54, 1.807) is 16.4 Å². The van der Waals surface area contributed by atoms with E-state index in [0.29, 0.717) is 13.2 Å². The number of carbonyl (C=O) groups is 2. The Morgan fingerprint density at radius 3 is 2.66 bits per heavy atom. The molecule has 1 aromatic heterocycles. The standard InChI is InChI=1S/C16H22N2O3S.C2HF3O2/c19-15(18-6-2-8-21-18)16-5-9-20-14(16)4-7-17(12-16)11-13-3-1-10-22-13;3-2(4,5)1(6)7/h1,3,10,14H,2,4-9,11-12H2;(H,6,7)/t14-,16-;/m1./s1. The molecule has 3 saturated heterocycles. The van der Waals surface area contributed by atoms with Crippen LogP contribution in [0.15, 0.2) is 17.5 Å². The van der Waals surface area contributed by atoms with Crippen LogP contribution in [0.25, 0.3) is 0 Å². The van der Waals surface area contributed by atoms with Gasteiger partial charge in [-0.3, -0.25) is 14.5 Å². The number of carboxylic acid groups (broad SMARTS) is 1. The van der Waals surface area contributed by atoms with E-state index in [2.05, 4.69) is 22.4 Å². The van der Waals surface area contributed by atoms with Gasteiger partial charge in [0.1, 0.15) is 0 Å². The van der Waals surface area contributed by atoms with E-state index in [-0.39, 0.29) is 12.0 Å². The molecule has 0 aromatic carbocycles. The molecule has 3 aliphatic rings. The molecule has 1 amide bonds. The molecule has 3 fully saturated rings. The number of piperidine rings is 1. The normalized spacial score (nSPS) is 27.3. The number of likely N-dealkylation sites (tertiary alicyclic amines) is 1. The summed E-state index contributed by atoms with van der Waals surface area (Å²) in [6.45, 7) is 4.79. The molecule has 0 aliphatic carbocycles. The molecule has 2 atom stereocenters. The van der Waals surface area contributed by atoms with Crippen molar-refractivity contribution in [3.63, 3.8) is 0 Å². The molecule has 1 aromatic rings. The van der Waals surface area contributed by atoms with Crippen LogP contribution in [0.3, 0.4) is 0 Å². The van der Waals surface area contributed by atoms with Gasteiger partial charge in [0.15, 0.2) is 0 Å². The molecule has 0 bridgehead atoms. The van der Waals surface area contributed by atoms with E-state index in [1.165, 1.54) is 4.88 Å². The zero-order valence-electron chi connectivity index (χ0n) is 15.7. The highest BCUT2D eigenvalue weighted by molar-refractivity contribution is 7.09. The molecule has 0 spiro atoms. The fraction of sp³-hybridized carbons (Fsp3) is 0.667. The first kappa shape index (κ1) is 22.0. The average molecular weight is 436 g/mol. The summed E-state index contributed by atoms with van der Waals surface area (Å²) >= 11 is 1.78. The van der Waals surface area contributed by atoms with Crippen molar-refractivity contribution in [1.82, 2.24) is 9.96 Å². The first-order valence-electron chi connectivity index (χ1n) is 9.34. The Hall–Kier alpha value is -1.69. The molecule has 162 valence electrons. The van der Waals surface area contributed by atoms with Crippen LogP contribution in [0.2, 0.25) is 0 Å². The van der Waals surface area contributed by atoms with Crippen molar-refractivity contribution in [3.8, 4) is 0 Å². The molecule has 3 aliphatic heterocycles. The molecular formula is C18H23F3N2O5S. The molecule has 4 heterocycles. The van der Waals surface area contributed by atoms with Crippen LogP contribution in [0.1, 0.15) is 24.1 Å². The summed E-state index contributed by atoms with van der Waals surface area (Å²) in [6.07, 6.45) is -2.34. The van der Waals surface area contributed by atoms with Gasteiger partial charge in [-0.25, -0.2) is 9.86 Å². The Kier molecular flexibility index (Phi) is 6.82. The number of hydrogen-bond donors (Lipinski definition) is 1. The first-order valence-corrected chi connectivity index (χ1v) is 10.2.